The number of hydrogen-bond acceptors (Lipinski definition) is 2. The summed E-state index contributed by atoms with van der Waals surface area (Å²) in [5, 5.41) is 6.43. The lowest BCUT2D eigenvalue weighted by atomic mass is 10.1. The molecular formula is C19H23BrN2O. The van der Waals surface area contributed by atoms with Crippen molar-refractivity contribution < 1.29 is 4.79 Å². The summed E-state index contributed by atoms with van der Waals surface area (Å²) in [4.78, 5) is 12.1. The number of hydrogen-bond donors (Lipinski definition) is 2. The van der Waals surface area contributed by atoms with Crippen LogP contribution in [-0.2, 0) is 0 Å². The van der Waals surface area contributed by atoms with Crippen LogP contribution in [0, 0.1) is 20.8 Å². The average Bonchev–Trinajstić information content (AvgIpc) is 2.49. The fraction of sp³-hybridized carbons (Fsp3) is 0.316. The van der Waals surface area contributed by atoms with E-state index in [-0.39, 0.29) is 5.91 Å². The Kier molecular flexibility index (Phi) is 6.22. The smallest absolute Gasteiger partial charge is 0.252 e. The zero-order valence-corrected chi connectivity index (χ0v) is 15.5. The van der Waals surface area contributed by atoms with Gasteiger partial charge in [0.15, 0.2) is 0 Å². The highest BCUT2D eigenvalue weighted by Crippen LogP contribution is 2.21. The second-order valence-corrected chi connectivity index (χ2v) is 6.64. The van der Waals surface area contributed by atoms with E-state index in [1.54, 1.807) is 0 Å². The van der Waals surface area contributed by atoms with Crippen LogP contribution in [0.4, 0.5) is 5.69 Å². The molecule has 2 aromatic carbocycles. The molecule has 0 aliphatic rings. The van der Waals surface area contributed by atoms with Gasteiger partial charge in [0.2, 0.25) is 0 Å². The molecule has 0 unspecified atom stereocenters. The van der Waals surface area contributed by atoms with Gasteiger partial charge in [0.25, 0.3) is 5.91 Å². The van der Waals surface area contributed by atoms with Crippen LogP contribution in [0.15, 0.2) is 40.9 Å². The van der Waals surface area contributed by atoms with Gasteiger partial charge in [-0.2, -0.15) is 0 Å². The van der Waals surface area contributed by atoms with E-state index in [0.29, 0.717) is 12.1 Å². The molecule has 0 aliphatic heterocycles. The van der Waals surface area contributed by atoms with Crippen LogP contribution in [0.1, 0.15) is 33.5 Å². The number of rotatable bonds is 6. The lowest BCUT2D eigenvalue weighted by Crippen LogP contribution is -2.26. The van der Waals surface area contributed by atoms with Crippen LogP contribution in [0.2, 0.25) is 0 Å². The maximum atomic E-state index is 12.1. The zero-order valence-electron chi connectivity index (χ0n) is 13.9. The normalized spacial score (nSPS) is 10.4. The van der Waals surface area contributed by atoms with Gasteiger partial charge in [-0.1, -0.05) is 29.8 Å². The van der Waals surface area contributed by atoms with Crippen molar-refractivity contribution in [3.8, 4) is 0 Å². The maximum absolute atomic E-state index is 12.1. The van der Waals surface area contributed by atoms with Gasteiger partial charge in [0, 0.05) is 23.2 Å². The van der Waals surface area contributed by atoms with E-state index < -0.39 is 0 Å². The predicted octanol–water partition coefficient (Wildman–Crippen LogP) is 4.61. The van der Waals surface area contributed by atoms with Crippen molar-refractivity contribution >= 4 is 27.5 Å². The summed E-state index contributed by atoms with van der Waals surface area (Å²) >= 11 is 3.40. The minimum atomic E-state index is -0.0415. The molecule has 0 radical (unpaired) electrons. The number of halogens is 1. The molecule has 2 N–H and O–H groups in total. The fourth-order valence-electron chi connectivity index (χ4n) is 2.70. The van der Waals surface area contributed by atoms with Crippen molar-refractivity contribution in [2.24, 2.45) is 0 Å². The molecule has 0 fully saturated rings. The Balaban J connectivity index is 1.79. The fourth-order valence-corrected chi connectivity index (χ4v) is 3.17. The highest BCUT2D eigenvalue weighted by atomic mass is 79.9. The van der Waals surface area contributed by atoms with E-state index in [2.05, 4.69) is 59.5 Å². The van der Waals surface area contributed by atoms with Crippen LogP contribution in [0.3, 0.4) is 0 Å². The molecule has 4 heteroatoms. The lowest BCUT2D eigenvalue weighted by molar-refractivity contribution is 0.0953. The SMILES string of the molecule is Cc1cc(C)c(NCCCNC(=O)c2ccccc2Br)c(C)c1. The third-order valence-electron chi connectivity index (χ3n) is 3.74. The van der Waals surface area contributed by atoms with Crippen LogP contribution >= 0.6 is 15.9 Å². The molecule has 0 saturated carbocycles. The van der Waals surface area contributed by atoms with Gasteiger partial charge < -0.3 is 10.6 Å². The van der Waals surface area contributed by atoms with E-state index >= 15 is 0 Å². The Morgan fingerprint density at radius 3 is 2.35 bits per heavy atom. The molecule has 0 spiro atoms. The number of benzene rings is 2. The van der Waals surface area contributed by atoms with Gasteiger partial charge in [-0.3, -0.25) is 4.79 Å². The zero-order chi connectivity index (χ0) is 16.8. The van der Waals surface area contributed by atoms with E-state index in [0.717, 1.165) is 17.4 Å². The summed E-state index contributed by atoms with van der Waals surface area (Å²) in [5.41, 5.74) is 5.68. The summed E-state index contributed by atoms with van der Waals surface area (Å²) in [6.07, 6.45) is 0.878. The van der Waals surface area contributed by atoms with Gasteiger partial charge in [-0.25, -0.2) is 0 Å². The second-order valence-electron chi connectivity index (χ2n) is 5.79. The summed E-state index contributed by atoms with van der Waals surface area (Å²) in [6, 6.07) is 11.8. The number of carbonyl (C=O) groups excluding carboxylic acids is 1. The molecule has 0 bridgehead atoms. The molecule has 1 amide bonds. The Morgan fingerprint density at radius 1 is 1.04 bits per heavy atom. The molecule has 2 aromatic rings. The highest BCUT2D eigenvalue weighted by molar-refractivity contribution is 9.10. The van der Waals surface area contributed by atoms with Crippen molar-refractivity contribution in [3.63, 3.8) is 0 Å². The standard InChI is InChI=1S/C19H23BrN2O/c1-13-11-14(2)18(15(3)12-13)21-9-6-10-22-19(23)16-7-4-5-8-17(16)20/h4-5,7-8,11-12,21H,6,9-10H2,1-3H3,(H,22,23). The Labute approximate surface area is 146 Å². The molecule has 0 atom stereocenters. The van der Waals surface area contributed by atoms with Crippen molar-refractivity contribution in [2.45, 2.75) is 27.2 Å². The number of amides is 1. The Hall–Kier alpha value is -1.81. The monoisotopic (exact) mass is 374 g/mol. The first-order valence-corrected chi connectivity index (χ1v) is 8.63. The first-order chi connectivity index (χ1) is 11.0. The van der Waals surface area contributed by atoms with E-state index in [4.69, 9.17) is 0 Å². The van der Waals surface area contributed by atoms with Gasteiger partial charge in [-0.05, 0) is 66.4 Å². The van der Waals surface area contributed by atoms with Gasteiger partial charge in [0.1, 0.15) is 0 Å². The topological polar surface area (TPSA) is 41.1 Å². The molecule has 3 nitrogen and oxygen atoms in total. The summed E-state index contributed by atoms with van der Waals surface area (Å²) < 4.78 is 0.821. The number of anilines is 1. The molecule has 0 saturated heterocycles. The Morgan fingerprint density at radius 2 is 1.70 bits per heavy atom. The summed E-state index contributed by atoms with van der Waals surface area (Å²) in [5.74, 6) is -0.0415. The van der Waals surface area contributed by atoms with Crippen LogP contribution in [0.25, 0.3) is 0 Å². The first kappa shape index (κ1) is 17.5. The third kappa shape index (κ3) is 4.83. The third-order valence-corrected chi connectivity index (χ3v) is 4.43. The molecule has 2 rings (SSSR count). The average molecular weight is 375 g/mol. The first-order valence-electron chi connectivity index (χ1n) is 7.83. The van der Waals surface area contributed by atoms with Crippen molar-refractivity contribution in [3.05, 3.63) is 63.1 Å². The van der Waals surface area contributed by atoms with Gasteiger partial charge in [0.05, 0.1) is 5.56 Å². The van der Waals surface area contributed by atoms with E-state index in [9.17, 15) is 4.79 Å². The summed E-state index contributed by atoms with van der Waals surface area (Å²) in [7, 11) is 0. The van der Waals surface area contributed by atoms with Crippen molar-refractivity contribution in [2.75, 3.05) is 18.4 Å². The van der Waals surface area contributed by atoms with Gasteiger partial charge in [-0.15, -0.1) is 0 Å². The molecule has 0 aromatic heterocycles. The van der Waals surface area contributed by atoms with Crippen LogP contribution in [-0.4, -0.2) is 19.0 Å². The van der Waals surface area contributed by atoms with E-state index in [1.807, 2.05) is 24.3 Å². The molecule has 23 heavy (non-hydrogen) atoms. The molecule has 0 heterocycles. The Bertz CT molecular complexity index is 675. The molecular weight excluding hydrogens is 352 g/mol. The minimum Gasteiger partial charge on any atom is -0.385 e. The maximum Gasteiger partial charge on any atom is 0.252 e. The molecule has 0 aliphatic carbocycles. The molecule has 122 valence electrons. The predicted molar refractivity (Wildman–Crippen MR) is 100 cm³/mol. The number of aryl methyl sites for hydroxylation is 3. The second kappa shape index (κ2) is 8.16. The lowest BCUT2D eigenvalue weighted by Gasteiger charge is -2.14. The summed E-state index contributed by atoms with van der Waals surface area (Å²) in [6.45, 7) is 7.84. The van der Waals surface area contributed by atoms with Crippen molar-refractivity contribution in [1.29, 1.82) is 0 Å². The van der Waals surface area contributed by atoms with E-state index in [1.165, 1.54) is 22.4 Å². The van der Waals surface area contributed by atoms with Crippen molar-refractivity contribution in [1.82, 2.24) is 5.32 Å². The number of carbonyl (C=O) groups is 1. The highest BCUT2D eigenvalue weighted by Gasteiger charge is 2.08. The number of nitrogens with one attached hydrogen (secondary N) is 2. The van der Waals surface area contributed by atoms with Crippen LogP contribution < -0.4 is 10.6 Å². The largest absolute Gasteiger partial charge is 0.385 e. The van der Waals surface area contributed by atoms with Crippen LogP contribution in [0.5, 0.6) is 0 Å². The quantitative estimate of drug-likeness (QED) is 0.725. The minimum absolute atomic E-state index is 0.0415. The van der Waals surface area contributed by atoms with Gasteiger partial charge >= 0.3 is 0 Å².